The van der Waals surface area contributed by atoms with Crippen molar-refractivity contribution in [3.63, 3.8) is 0 Å². The van der Waals surface area contributed by atoms with Gasteiger partial charge in [0.1, 0.15) is 0 Å². The number of hydrogen-bond donors (Lipinski definition) is 1. The van der Waals surface area contributed by atoms with Gasteiger partial charge in [0.25, 0.3) is 5.91 Å². The normalized spacial score (nSPS) is 10.2. The fraction of sp³-hybridized carbons (Fsp3) is 0. The molecule has 0 unspecified atom stereocenters. The first kappa shape index (κ1) is 13.1. The quantitative estimate of drug-likeness (QED) is 0.899. The molecule has 1 aromatic carbocycles. The second kappa shape index (κ2) is 5.57. The van der Waals surface area contributed by atoms with Gasteiger partial charge in [-0.25, -0.2) is 0 Å². The fourth-order valence-electron chi connectivity index (χ4n) is 1.34. The molecule has 0 aliphatic carbocycles. The Balaban J connectivity index is 2.28. The van der Waals surface area contributed by atoms with E-state index in [1.807, 2.05) is 0 Å². The minimum atomic E-state index is -0.391. The highest BCUT2D eigenvalue weighted by molar-refractivity contribution is 6.44. The average molecular weight is 302 g/mol. The lowest BCUT2D eigenvalue weighted by molar-refractivity contribution is 0.102. The lowest BCUT2D eigenvalue weighted by Gasteiger charge is -2.08. The highest BCUT2D eigenvalue weighted by atomic mass is 35.5. The number of benzene rings is 1. The summed E-state index contributed by atoms with van der Waals surface area (Å²) in [6.45, 7) is 0. The maximum atomic E-state index is 12.0. The SMILES string of the molecule is O=C(Nc1cnccc1Cl)c1cccc(Cl)c1Cl. The van der Waals surface area contributed by atoms with Crippen LogP contribution in [-0.4, -0.2) is 10.9 Å². The van der Waals surface area contributed by atoms with E-state index in [1.54, 1.807) is 24.3 Å². The van der Waals surface area contributed by atoms with Crippen LogP contribution < -0.4 is 5.32 Å². The lowest BCUT2D eigenvalue weighted by atomic mass is 10.2. The Morgan fingerprint density at radius 1 is 1.11 bits per heavy atom. The van der Waals surface area contributed by atoms with Gasteiger partial charge in [-0.05, 0) is 18.2 Å². The van der Waals surface area contributed by atoms with Gasteiger partial charge < -0.3 is 5.32 Å². The Labute approximate surface area is 119 Å². The van der Waals surface area contributed by atoms with Gasteiger partial charge in [0.2, 0.25) is 0 Å². The molecule has 1 amide bonds. The standard InChI is InChI=1S/C12H7Cl3N2O/c13-8-4-5-16-6-10(8)17-12(18)7-2-1-3-9(14)11(7)15/h1-6H,(H,17,18). The maximum absolute atomic E-state index is 12.0. The first-order valence-corrected chi connectivity index (χ1v) is 6.08. The number of nitrogens with one attached hydrogen (secondary N) is 1. The molecule has 92 valence electrons. The summed E-state index contributed by atoms with van der Waals surface area (Å²) in [7, 11) is 0. The summed E-state index contributed by atoms with van der Waals surface area (Å²) >= 11 is 17.7. The zero-order valence-corrected chi connectivity index (χ0v) is 11.2. The second-order valence-corrected chi connectivity index (χ2v) is 4.60. The topological polar surface area (TPSA) is 42.0 Å². The monoisotopic (exact) mass is 300 g/mol. The van der Waals surface area contributed by atoms with Gasteiger partial charge in [-0.1, -0.05) is 40.9 Å². The molecule has 0 saturated heterocycles. The molecule has 1 N–H and O–H groups in total. The van der Waals surface area contributed by atoms with Gasteiger partial charge in [0, 0.05) is 6.20 Å². The first-order chi connectivity index (χ1) is 8.59. The van der Waals surface area contributed by atoms with Gasteiger partial charge in [-0.15, -0.1) is 0 Å². The van der Waals surface area contributed by atoms with Gasteiger partial charge in [-0.3, -0.25) is 9.78 Å². The summed E-state index contributed by atoms with van der Waals surface area (Å²) < 4.78 is 0. The van der Waals surface area contributed by atoms with E-state index in [0.29, 0.717) is 15.7 Å². The summed E-state index contributed by atoms with van der Waals surface area (Å²) in [5, 5.41) is 3.54. The second-order valence-electron chi connectivity index (χ2n) is 3.41. The fourth-order valence-corrected chi connectivity index (χ4v) is 1.88. The minimum Gasteiger partial charge on any atom is -0.319 e. The number of amides is 1. The number of nitrogens with zero attached hydrogens (tertiary/aromatic N) is 1. The van der Waals surface area contributed by atoms with Gasteiger partial charge in [-0.2, -0.15) is 0 Å². The van der Waals surface area contributed by atoms with Crippen LogP contribution >= 0.6 is 34.8 Å². The lowest BCUT2D eigenvalue weighted by Crippen LogP contribution is -2.13. The van der Waals surface area contributed by atoms with E-state index in [0.717, 1.165) is 0 Å². The van der Waals surface area contributed by atoms with Gasteiger partial charge in [0.15, 0.2) is 0 Å². The number of pyridine rings is 1. The number of hydrogen-bond acceptors (Lipinski definition) is 2. The van der Waals surface area contributed by atoms with Crippen LogP contribution in [0.25, 0.3) is 0 Å². The van der Waals surface area contributed by atoms with E-state index in [9.17, 15) is 4.79 Å². The van der Waals surface area contributed by atoms with Crippen molar-refractivity contribution in [3.05, 3.63) is 57.3 Å². The maximum Gasteiger partial charge on any atom is 0.257 e. The predicted molar refractivity (Wildman–Crippen MR) is 73.7 cm³/mol. The highest BCUT2D eigenvalue weighted by Gasteiger charge is 2.13. The molecule has 2 rings (SSSR count). The highest BCUT2D eigenvalue weighted by Crippen LogP contribution is 2.27. The van der Waals surface area contributed by atoms with E-state index < -0.39 is 5.91 Å². The van der Waals surface area contributed by atoms with Gasteiger partial charge in [0.05, 0.1) is 32.5 Å². The molecule has 0 bridgehead atoms. The molecule has 18 heavy (non-hydrogen) atoms. The van der Waals surface area contributed by atoms with E-state index in [4.69, 9.17) is 34.8 Å². The molecule has 0 radical (unpaired) electrons. The molecule has 0 aliphatic heterocycles. The Morgan fingerprint density at radius 2 is 1.89 bits per heavy atom. The zero-order valence-electron chi connectivity index (χ0n) is 8.95. The molecule has 3 nitrogen and oxygen atoms in total. The molecule has 0 atom stereocenters. The summed E-state index contributed by atoms with van der Waals surface area (Å²) in [6.07, 6.45) is 2.99. The van der Waals surface area contributed by atoms with Crippen LogP contribution in [0.1, 0.15) is 10.4 Å². The van der Waals surface area contributed by atoms with Crippen molar-refractivity contribution in [1.82, 2.24) is 4.98 Å². The van der Waals surface area contributed by atoms with Crippen molar-refractivity contribution >= 4 is 46.4 Å². The first-order valence-electron chi connectivity index (χ1n) is 4.94. The third-order valence-corrected chi connectivity index (χ3v) is 3.36. The molecule has 2 aromatic rings. The predicted octanol–water partition coefficient (Wildman–Crippen LogP) is 4.29. The van der Waals surface area contributed by atoms with Crippen LogP contribution in [0.2, 0.25) is 15.1 Å². The van der Waals surface area contributed by atoms with Crippen LogP contribution in [0.3, 0.4) is 0 Å². The van der Waals surface area contributed by atoms with E-state index in [-0.39, 0.29) is 10.6 Å². The van der Waals surface area contributed by atoms with E-state index >= 15 is 0 Å². The largest absolute Gasteiger partial charge is 0.319 e. The summed E-state index contributed by atoms with van der Waals surface area (Å²) in [6, 6.07) is 6.41. The van der Waals surface area contributed by atoms with Crippen LogP contribution in [0.5, 0.6) is 0 Å². The van der Waals surface area contributed by atoms with Crippen molar-refractivity contribution < 1.29 is 4.79 Å². The van der Waals surface area contributed by atoms with Crippen LogP contribution in [0.15, 0.2) is 36.7 Å². The molecule has 0 saturated carbocycles. The molecular weight excluding hydrogens is 295 g/mol. The molecule has 1 heterocycles. The smallest absolute Gasteiger partial charge is 0.257 e. The molecule has 0 fully saturated rings. The average Bonchev–Trinajstić information content (AvgIpc) is 2.35. The van der Waals surface area contributed by atoms with Crippen molar-refractivity contribution in [2.75, 3.05) is 5.32 Å². The number of rotatable bonds is 2. The van der Waals surface area contributed by atoms with Crippen molar-refractivity contribution in [2.24, 2.45) is 0 Å². The molecule has 6 heteroatoms. The Bertz CT molecular complexity index is 602. The van der Waals surface area contributed by atoms with Crippen molar-refractivity contribution in [2.45, 2.75) is 0 Å². The third-order valence-electron chi connectivity index (χ3n) is 2.21. The zero-order chi connectivity index (χ0) is 13.1. The summed E-state index contributed by atoms with van der Waals surface area (Å²) in [5.41, 5.74) is 0.698. The van der Waals surface area contributed by atoms with Crippen molar-refractivity contribution in [3.8, 4) is 0 Å². The third kappa shape index (κ3) is 2.75. The van der Waals surface area contributed by atoms with E-state index in [1.165, 1.54) is 12.4 Å². The Kier molecular flexibility index (Phi) is 4.07. The van der Waals surface area contributed by atoms with Crippen LogP contribution in [-0.2, 0) is 0 Å². The summed E-state index contributed by atoms with van der Waals surface area (Å²) in [5.74, 6) is -0.391. The van der Waals surface area contributed by atoms with E-state index in [2.05, 4.69) is 10.3 Å². The molecule has 0 spiro atoms. The number of carbonyl (C=O) groups is 1. The van der Waals surface area contributed by atoms with Crippen molar-refractivity contribution in [1.29, 1.82) is 0 Å². The minimum absolute atomic E-state index is 0.205. The molecular formula is C12H7Cl3N2O. The Morgan fingerprint density at radius 3 is 2.61 bits per heavy atom. The number of anilines is 1. The number of halogens is 3. The molecule has 1 aromatic heterocycles. The van der Waals surface area contributed by atoms with Gasteiger partial charge >= 0.3 is 0 Å². The number of carbonyl (C=O) groups excluding carboxylic acids is 1. The Hall–Kier alpha value is -1.29. The molecule has 0 aliphatic rings. The number of aromatic nitrogens is 1. The summed E-state index contributed by atoms with van der Waals surface area (Å²) in [4.78, 5) is 15.9. The van der Waals surface area contributed by atoms with Crippen LogP contribution in [0, 0.1) is 0 Å². The van der Waals surface area contributed by atoms with Crippen LogP contribution in [0.4, 0.5) is 5.69 Å².